The maximum atomic E-state index is 10.3. The third-order valence-electron chi connectivity index (χ3n) is 2.64. The Hall–Kier alpha value is -1.66. The first kappa shape index (κ1) is 13.8. The fraction of sp³-hybridized carbons (Fsp3) is 0.231. The van der Waals surface area contributed by atoms with Crippen molar-refractivity contribution < 1.29 is 14.6 Å². The molecule has 2 aromatic rings. The highest BCUT2D eigenvalue weighted by molar-refractivity contribution is 9.10. The molecule has 0 spiro atoms. The van der Waals surface area contributed by atoms with E-state index in [0.717, 1.165) is 4.47 Å². The van der Waals surface area contributed by atoms with E-state index in [1.807, 2.05) is 0 Å². The van der Waals surface area contributed by atoms with E-state index in [2.05, 4.69) is 25.9 Å². The lowest BCUT2D eigenvalue weighted by Crippen LogP contribution is -2.06. The zero-order valence-electron chi connectivity index (χ0n) is 10.5. The monoisotopic (exact) mass is 324 g/mol. The Morgan fingerprint density at radius 3 is 2.53 bits per heavy atom. The quantitative estimate of drug-likeness (QED) is 0.935. The van der Waals surface area contributed by atoms with Crippen LogP contribution in [0.3, 0.4) is 0 Å². The molecule has 0 fully saturated rings. The minimum absolute atomic E-state index is 0.307. The summed E-state index contributed by atoms with van der Waals surface area (Å²) in [6.07, 6.45) is 2.12. The summed E-state index contributed by atoms with van der Waals surface area (Å²) >= 11 is 3.38. The molecule has 1 aromatic carbocycles. The summed E-state index contributed by atoms with van der Waals surface area (Å²) in [5.74, 6) is 1.00. The molecular formula is C13H13BrN2O3. The van der Waals surface area contributed by atoms with Crippen LogP contribution < -0.4 is 9.47 Å². The molecule has 19 heavy (non-hydrogen) atoms. The van der Waals surface area contributed by atoms with Crippen molar-refractivity contribution in [3.8, 4) is 11.6 Å². The van der Waals surface area contributed by atoms with Crippen LogP contribution in [0.4, 0.5) is 0 Å². The first-order chi connectivity index (χ1) is 9.17. The summed E-state index contributed by atoms with van der Waals surface area (Å²) in [4.78, 5) is 8.13. The van der Waals surface area contributed by atoms with Crippen LogP contribution in [-0.4, -0.2) is 29.3 Å². The van der Waals surface area contributed by atoms with Crippen LogP contribution in [0.25, 0.3) is 0 Å². The van der Waals surface area contributed by atoms with E-state index in [1.165, 1.54) is 19.5 Å². The predicted octanol–water partition coefficient (Wildman–Crippen LogP) is 2.34. The van der Waals surface area contributed by atoms with Crippen molar-refractivity contribution in [1.29, 1.82) is 0 Å². The van der Waals surface area contributed by atoms with Gasteiger partial charge >= 0.3 is 0 Å². The van der Waals surface area contributed by atoms with Crippen LogP contribution in [0.2, 0.25) is 0 Å². The second-order valence-corrected chi connectivity index (χ2v) is 4.60. The van der Waals surface area contributed by atoms with Crippen molar-refractivity contribution in [3.05, 3.63) is 46.3 Å². The third-order valence-corrected chi connectivity index (χ3v) is 3.25. The van der Waals surface area contributed by atoms with Gasteiger partial charge in [0.05, 0.1) is 18.7 Å². The number of methoxy groups -OCH3 is 2. The molecule has 100 valence electrons. The van der Waals surface area contributed by atoms with Gasteiger partial charge in [-0.1, -0.05) is 6.07 Å². The normalized spacial score (nSPS) is 12.0. The van der Waals surface area contributed by atoms with Crippen molar-refractivity contribution in [2.75, 3.05) is 14.2 Å². The van der Waals surface area contributed by atoms with Crippen LogP contribution in [0.1, 0.15) is 17.4 Å². The molecule has 1 unspecified atom stereocenters. The van der Waals surface area contributed by atoms with Gasteiger partial charge in [-0.25, -0.2) is 4.98 Å². The van der Waals surface area contributed by atoms with Gasteiger partial charge in [0, 0.05) is 12.4 Å². The highest BCUT2D eigenvalue weighted by Crippen LogP contribution is 2.31. The van der Waals surface area contributed by atoms with Crippen molar-refractivity contribution in [1.82, 2.24) is 9.97 Å². The van der Waals surface area contributed by atoms with Gasteiger partial charge in [-0.05, 0) is 33.6 Å². The average molecular weight is 325 g/mol. The van der Waals surface area contributed by atoms with Gasteiger partial charge in [0.1, 0.15) is 17.5 Å². The number of aromatic nitrogens is 2. The fourth-order valence-electron chi connectivity index (χ4n) is 1.69. The van der Waals surface area contributed by atoms with E-state index in [4.69, 9.17) is 9.47 Å². The van der Waals surface area contributed by atoms with E-state index in [1.54, 1.807) is 25.3 Å². The van der Waals surface area contributed by atoms with Gasteiger partial charge in [0.15, 0.2) is 0 Å². The van der Waals surface area contributed by atoms with E-state index < -0.39 is 6.10 Å². The Bertz CT molecular complexity index is 578. The first-order valence-electron chi connectivity index (χ1n) is 5.53. The smallest absolute Gasteiger partial charge is 0.238 e. The number of benzene rings is 1. The average Bonchev–Trinajstić information content (AvgIpc) is 2.46. The predicted molar refractivity (Wildman–Crippen MR) is 73.3 cm³/mol. The van der Waals surface area contributed by atoms with Gasteiger partial charge in [-0.15, -0.1) is 0 Å². The highest BCUT2D eigenvalue weighted by atomic mass is 79.9. The second kappa shape index (κ2) is 5.99. The Labute approximate surface area is 119 Å². The Morgan fingerprint density at radius 1 is 1.16 bits per heavy atom. The molecule has 0 saturated carbocycles. The summed E-state index contributed by atoms with van der Waals surface area (Å²) in [6, 6.07) is 5.31. The molecule has 0 aliphatic rings. The molecule has 2 rings (SSSR count). The van der Waals surface area contributed by atoms with Gasteiger partial charge < -0.3 is 14.6 Å². The van der Waals surface area contributed by atoms with E-state index >= 15 is 0 Å². The number of rotatable bonds is 4. The van der Waals surface area contributed by atoms with Gasteiger partial charge in [0.25, 0.3) is 0 Å². The van der Waals surface area contributed by atoms with Crippen molar-refractivity contribution >= 4 is 15.9 Å². The van der Waals surface area contributed by atoms with Gasteiger partial charge in [0.2, 0.25) is 5.88 Å². The maximum Gasteiger partial charge on any atom is 0.238 e. The van der Waals surface area contributed by atoms with Gasteiger partial charge in [-0.2, -0.15) is 0 Å². The first-order valence-corrected chi connectivity index (χ1v) is 6.33. The molecule has 0 radical (unpaired) electrons. The van der Waals surface area contributed by atoms with Crippen molar-refractivity contribution in [2.45, 2.75) is 6.10 Å². The topological polar surface area (TPSA) is 64.5 Å². The number of hydrogen-bond acceptors (Lipinski definition) is 5. The van der Waals surface area contributed by atoms with Crippen LogP contribution >= 0.6 is 15.9 Å². The molecule has 0 bridgehead atoms. The number of ether oxygens (including phenoxy) is 2. The molecule has 0 amide bonds. The lowest BCUT2D eigenvalue weighted by molar-refractivity contribution is 0.207. The Kier molecular flexibility index (Phi) is 4.34. The molecule has 5 nitrogen and oxygen atoms in total. The Balaban J connectivity index is 2.38. The fourth-order valence-corrected chi connectivity index (χ4v) is 2.25. The number of halogens is 1. The lowest BCUT2D eigenvalue weighted by atomic mass is 10.1. The zero-order chi connectivity index (χ0) is 13.8. The molecule has 1 aromatic heterocycles. The molecule has 1 N–H and O–H groups in total. The second-order valence-electron chi connectivity index (χ2n) is 3.75. The number of hydrogen-bond donors (Lipinski definition) is 1. The molecule has 0 aliphatic carbocycles. The Morgan fingerprint density at radius 2 is 1.89 bits per heavy atom. The van der Waals surface area contributed by atoms with Crippen molar-refractivity contribution in [2.24, 2.45) is 0 Å². The third kappa shape index (κ3) is 2.85. The van der Waals surface area contributed by atoms with E-state index in [-0.39, 0.29) is 0 Å². The summed E-state index contributed by atoms with van der Waals surface area (Å²) in [5.41, 5.74) is 1.05. The zero-order valence-corrected chi connectivity index (χ0v) is 12.1. The minimum atomic E-state index is -0.911. The summed E-state index contributed by atoms with van der Waals surface area (Å²) in [7, 11) is 3.08. The molecule has 0 saturated heterocycles. The highest BCUT2D eigenvalue weighted by Gasteiger charge is 2.18. The largest absolute Gasteiger partial charge is 0.496 e. The summed E-state index contributed by atoms with van der Waals surface area (Å²) < 4.78 is 11.0. The molecule has 1 atom stereocenters. The van der Waals surface area contributed by atoms with Crippen LogP contribution in [0.5, 0.6) is 11.6 Å². The standard InChI is InChI=1S/C13H13BrN2O3/c1-18-10-4-3-8(7-9(10)14)12(17)11-13(19-2)16-6-5-15-11/h3-7,12,17H,1-2H3. The van der Waals surface area contributed by atoms with E-state index in [9.17, 15) is 5.11 Å². The maximum absolute atomic E-state index is 10.3. The number of aliphatic hydroxyl groups excluding tert-OH is 1. The summed E-state index contributed by atoms with van der Waals surface area (Å²) in [5, 5.41) is 10.3. The van der Waals surface area contributed by atoms with Crippen molar-refractivity contribution in [3.63, 3.8) is 0 Å². The van der Waals surface area contributed by atoms with Gasteiger partial charge in [-0.3, -0.25) is 4.98 Å². The minimum Gasteiger partial charge on any atom is -0.496 e. The van der Waals surface area contributed by atoms with Crippen LogP contribution in [0, 0.1) is 0 Å². The van der Waals surface area contributed by atoms with E-state index in [0.29, 0.717) is 22.9 Å². The summed E-state index contributed by atoms with van der Waals surface area (Å²) in [6.45, 7) is 0. The molecule has 0 aliphatic heterocycles. The molecule has 6 heteroatoms. The van der Waals surface area contributed by atoms with Crippen LogP contribution in [-0.2, 0) is 0 Å². The molecule has 1 heterocycles. The SMILES string of the molecule is COc1ccc(C(O)c2nccnc2OC)cc1Br. The number of nitrogens with zero attached hydrogens (tertiary/aromatic N) is 2. The van der Waals surface area contributed by atoms with Crippen LogP contribution in [0.15, 0.2) is 35.1 Å². The number of aliphatic hydroxyl groups is 1. The molecular weight excluding hydrogens is 312 g/mol. The lowest BCUT2D eigenvalue weighted by Gasteiger charge is -2.14.